The number of ether oxygens (including phenoxy) is 4. The van der Waals surface area contributed by atoms with Crippen molar-refractivity contribution in [3.05, 3.63) is 59.4 Å². The topological polar surface area (TPSA) is 134 Å². The van der Waals surface area contributed by atoms with Crippen LogP contribution in [0.5, 0.6) is 6.01 Å². The number of carbonyl (C=O) groups is 1. The number of hydrogen-bond acceptors (Lipinski definition) is 9. The van der Waals surface area contributed by atoms with Crippen LogP contribution in [0.2, 0.25) is 30.7 Å². The van der Waals surface area contributed by atoms with Gasteiger partial charge in [-0.1, -0.05) is 61.6 Å². The predicted octanol–water partition coefficient (Wildman–Crippen LogP) is 6.32. The molecule has 1 N–H and O–H groups in total. The maximum Gasteiger partial charge on any atom is 0.474 e. The van der Waals surface area contributed by atoms with E-state index >= 15 is 4.39 Å². The smallest absolute Gasteiger partial charge is 0.456 e. The third-order valence-corrected chi connectivity index (χ3v) is 13.7. The number of pyridine rings is 1. The van der Waals surface area contributed by atoms with E-state index in [9.17, 15) is 27.3 Å². The molecule has 2 aromatic carbocycles. The quantitative estimate of drug-likeness (QED) is 0.111. The minimum atomic E-state index is -5.21. The lowest BCUT2D eigenvalue weighted by molar-refractivity contribution is -0.169. The van der Waals surface area contributed by atoms with Gasteiger partial charge in [0.25, 0.3) is 0 Å². The van der Waals surface area contributed by atoms with E-state index < -0.39 is 58.9 Å². The van der Waals surface area contributed by atoms with Gasteiger partial charge in [0.15, 0.2) is 11.8 Å². The van der Waals surface area contributed by atoms with Gasteiger partial charge in [-0.05, 0) is 29.8 Å². The van der Waals surface area contributed by atoms with Crippen molar-refractivity contribution in [2.75, 3.05) is 26.1 Å². The Bertz CT molecular complexity index is 2170. The first kappa shape index (κ1) is 38.5. The van der Waals surface area contributed by atoms with E-state index in [1.807, 2.05) is 0 Å². The van der Waals surface area contributed by atoms with Gasteiger partial charge in [0.05, 0.1) is 32.4 Å². The lowest BCUT2D eigenvalue weighted by atomic mass is 10.0. The molecule has 11 nitrogen and oxygen atoms in total. The monoisotopic (exact) mass is 802 g/mol. The Hall–Kier alpha value is -3.23. The number of nitrogens with zero attached hydrogens (tertiary/aromatic N) is 4. The number of aromatic nitrogens is 3. The van der Waals surface area contributed by atoms with Crippen LogP contribution in [0.4, 0.5) is 17.6 Å². The van der Waals surface area contributed by atoms with Crippen molar-refractivity contribution in [2.24, 2.45) is 4.36 Å². The third-order valence-electron chi connectivity index (χ3n) is 8.44. The fourth-order valence-electron chi connectivity index (χ4n) is 5.60. The van der Waals surface area contributed by atoms with Gasteiger partial charge in [-0.3, -0.25) is 13.6 Å². The van der Waals surface area contributed by atoms with Gasteiger partial charge in [0.2, 0.25) is 0 Å². The Balaban J connectivity index is 1.28. The molecule has 0 aliphatic carbocycles. The summed E-state index contributed by atoms with van der Waals surface area (Å²) in [6, 6.07) is 13.1. The molecule has 0 radical (unpaired) electrons. The molecule has 2 aromatic heterocycles. The molecular formula is C33H35ClF4N4O7S2Si. The summed E-state index contributed by atoms with van der Waals surface area (Å²) in [6.07, 6.45) is -6.34. The molecule has 4 heterocycles. The van der Waals surface area contributed by atoms with E-state index in [1.54, 1.807) is 34.9 Å². The Morgan fingerprint density at radius 3 is 2.46 bits per heavy atom. The molecule has 0 saturated carbocycles. The zero-order chi connectivity index (χ0) is 37.6. The van der Waals surface area contributed by atoms with Gasteiger partial charge in [-0.25, -0.2) is 9.37 Å². The number of imidazole rings is 1. The number of halogens is 5. The molecule has 1 unspecified atom stereocenters. The highest BCUT2D eigenvalue weighted by Crippen LogP contribution is 2.35. The highest BCUT2D eigenvalue weighted by Gasteiger charge is 2.49. The fourth-order valence-corrected chi connectivity index (χ4v) is 8.84. The Labute approximate surface area is 305 Å². The number of alkyl halides is 3. The largest absolute Gasteiger partial charge is 0.474 e. The van der Waals surface area contributed by atoms with Crippen LogP contribution in [-0.2, 0) is 44.3 Å². The van der Waals surface area contributed by atoms with E-state index in [2.05, 4.69) is 29.0 Å². The predicted molar refractivity (Wildman–Crippen MR) is 191 cm³/mol. The molecule has 52 heavy (non-hydrogen) atoms. The van der Waals surface area contributed by atoms with Crippen LogP contribution in [0.3, 0.4) is 0 Å². The van der Waals surface area contributed by atoms with Gasteiger partial charge in [-0.2, -0.15) is 18.2 Å². The minimum absolute atomic E-state index is 0.0448. The molecule has 0 spiro atoms. The maximum atomic E-state index is 15.3. The van der Waals surface area contributed by atoms with Gasteiger partial charge in [0, 0.05) is 47.1 Å². The van der Waals surface area contributed by atoms with Crippen LogP contribution in [0.15, 0.2) is 57.8 Å². The van der Waals surface area contributed by atoms with Crippen molar-refractivity contribution < 1.29 is 50.6 Å². The molecule has 19 heteroatoms. The lowest BCUT2D eigenvalue weighted by Gasteiger charge is -2.19. The summed E-state index contributed by atoms with van der Waals surface area (Å²) in [6.45, 7) is 7.74. The summed E-state index contributed by atoms with van der Waals surface area (Å²) in [5.41, 5.74) is 2.51. The van der Waals surface area contributed by atoms with Crippen molar-refractivity contribution in [2.45, 2.75) is 67.9 Å². The number of rotatable bonds is 10. The van der Waals surface area contributed by atoms with E-state index in [4.69, 9.17) is 35.5 Å². The summed E-state index contributed by atoms with van der Waals surface area (Å²) in [7, 11) is -4.78. The molecule has 1 amide bonds. The lowest BCUT2D eigenvalue weighted by Crippen LogP contribution is -2.35. The molecule has 2 saturated heterocycles. The average Bonchev–Trinajstić information content (AvgIpc) is 3.75. The van der Waals surface area contributed by atoms with Crippen molar-refractivity contribution in [1.29, 1.82) is 0 Å². The standard InChI is InChI=1S/C33H35ClF4N4O7S2Si/c1-51(45,50-41-31(44)33(36,37)38)20-9-10-21(23(35)13-20)18-5-7-19(8-6-18)27-22(34)14-24-30(40-27)42(17-46-11-12-52(2,3)4)32(39-24)49-26-16-48-28-25(43)15-47-29(26)28/h5-10,13-14,25-26,28-29,43H,11-12,15-17H2,1-4H3/t25-,26-,28-,29-,51?/m1/s1. The van der Waals surface area contributed by atoms with Crippen molar-refractivity contribution in [3.8, 4) is 28.4 Å². The number of aliphatic hydroxyl groups is 1. The highest BCUT2D eigenvalue weighted by atomic mass is 35.5. The summed E-state index contributed by atoms with van der Waals surface area (Å²) in [5, 5.41) is 10.5. The molecule has 280 valence electrons. The van der Waals surface area contributed by atoms with Crippen LogP contribution in [-0.4, -0.2) is 94.5 Å². The van der Waals surface area contributed by atoms with Crippen LogP contribution in [0.25, 0.3) is 33.5 Å². The van der Waals surface area contributed by atoms with Crippen LogP contribution >= 0.6 is 11.6 Å². The van der Waals surface area contributed by atoms with Crippen LogP contribution < -0.4 is 4.74 Å². The van der Waals surface area contributed by atoms with Crippen molar-refractivity contribution >= 4 is 55.4 Å². The highest BCUT2D eigenvalue weighted by molar-refractivity contribution is 8.35. The summed E-state index contributed by atoms with van der Waals surface area (Å²) in [5.74, 6) is -3.16. The molecule has 0 bridgehead atoms. The summed E-state index contributed by atoms with van der Waals surface area (Å²) >= 11 is 6.72. The second kappa shape index (κ2) is 14.9. The molecular weight excluding hydrogens is 768 g/mol. The molecule has 4 aromatic rings. The number of fused-ring (bicyclic) bond motifs is 2. The summed E-state index contributed by atoms with van der Waals surface area (Å²) < 4.78 is 94.2. The van der Waals surface area contributed by atoms with E-state index in [0.717, 1.165) is 18.4 Å². The van der Waals surface area contributed by atoms with Gasteiger partial charge in [-0.15, -0.1) is 4.36 Å². The van der Waals surface area contributed by atoms with E-state index in [-0.39, 0.29) is 46.5 Å². The normalized spacial score (nSPS) is 21.6. The second-order valence-corrected chi connectivity index (χ2v) is 24.3. The Kier molecular flexibility index (Phi) is 11.0. The first-order chi connectivity index (χ1) is 24.4. The zero-order valence-electron chi connectivity index (χ0n) is 28.4. The Morgan fingerprint density at radius 1 is 1.10 bits per heavy atom. The van der Waals surface area contributed by atoms with Gasteiger partial charge >= 0.3 is 18.1 Å². The number of aliphatic hydroxyl groups excluding tert-OH is 1. The van der Waals surface area contributed by atoms with Crippen LogP contribution in [0.1, 0.15) is 0 Å². The van der Waals surface area contributed by atoms with Gasteiger partial charge in [0.1, 0.15) is 36.4 Å². The number of hydrogen-bond donors (Lipinski definition) is 1. The molecule has 5 atom stereocenters. The fraction of sp³-hybridized carbons (Fsp3) is 0.424. The third kappa shape index (κ3) is 8.43. The van der Waals surface area contributed by atoms with E-state index in [0.29, 0.717) is 39.6 Å². The van der Waals surface area contributed by atoms with Crippen molar-refractivity contribution in [1.82, 2.24) is 14.5 Å². The number of amides is 1. The first-order valence-electron chi connectivity index (χ1n) is 16.0. The number of carbonyl (C=O) groups excluding carboxylic acids is 1. The SMILES string of the molecule is C[Si](C)(C)CCOCn1c(O[C@@H]2CO[C@H]3[C@@H]2OC[C@H]3O)nc2cc(Cl)c(-c3ccc(-c4ccc(S(C)(=O)=S=NC(=O)C(F)(F)F)cc4F)cc3)nc21. The zero-order valence-corrected chi connectivity index (χ0v) is 31.7. The number of benzene rings is 2. The van der Waals surface area contributed by atoms with E-state index in [1.165, 1.54) is 12.1 Å². The average molecular weight is 803 g/mol. The summed E-state index contributed by atoms with van der Waals surface area (Å²) in [4.78, 5) is 20.5. The van der Waals surface area contributed by atoms with Crippen molar-refractivity contribution in [3.63, 3.8) is 0 Å². The van der Waals surface area contributed by atoms with Gasteiger partial charge < -0.3 is 24.1 Å². The Morgan fingerprint density at radius 2 is 1.79 bits per heavy atom. The molecule has 6 rings (SSSR count). The minimum Gasteiger partial charge on any atom is -0.456 e. The first-order valence-corrected chi connectivity index (χ1v) is 23.4. The molecule has 2 aliphatic rings. The molecule has 2 fully saturated rings. The maximum absolute atomic E-state index is 15.3. The van der Waals surface area contributed by atoms with Crippen LogP contribution in [0, 0.1) is 5.82 Å². The second-order valence-electron chi connectivity index (χ2n) is 13.6. The molecule has 2 aliphatic heterocycles.